The fourth-order valence-corrected chi connectivity index (χ4v) is 1.92. The van der Waals surface area contributed by atoms with Crippen LogP contribution in [-0.4, -0.2) is 50.8 Å². The molecule has 0 spiro atoms. The second-order valence-electron chi connectivity index (χ2n) is 5.07. The number of carbonyl (C=O) groups excluding carboxylic acids is 2. The molecule has 9 nitrogen and oxygen atoms in total. The van der Waals surface area contributed by atoms with Gasteiger partial charge in [-0.1, -0.05) is 0 Å². The molecule has 0 saturated carbocycles. The van der Waals surface area contributed by atoms with Crippen LogP contribution in [0.25, 0.3) is 0 Å². The molecule has 0 unspecified atom stereocenters. The number of nitrogens with zero attached hydrogens (tertiary/aromatic N) is 4. The fourth-order valence-electron chi connectivity index (χ4n) is 1.92. The van der Waals surface area contributed by atoms with Crippen LogP contribution < -0.4 is 5.32 Å². The molecule has 26 heavy (non-hydrogen) atoms. The molecule has 0 aliphatic rings. The molecule has 1 N–H and O–H groups in total. The number of esters is 1. The highest BCUT2D eigenvalue weighted by atomic mass is 19.4. The van der Waals surface area contributed by atoms with Crippen LogP contribution in [0.5, 0.6) is 0 Å². The van der Waals surface area contributed by atoms with E-state index in [-0.39, 0.29) is 23.7 Å². The second kappa shape index (κ2) is 7.99. The highest BCUT2D eigenvalue weighted by Crippen LogP contribution is 2.15. The molecule has 1 amide bonds. The summed E-state index contributed by atoms with van der Waals surface area (Å²) < 4.78 is 47.6. The van der Waals surface area contributed by atoms with Crippen molar-refractivity contribution in [2.45, 2.75) is 19.8 Å². The quantitative estimate of drug-likeness (QED) is 0.738. The van der Waals surface area contributed by atoms with Crippen LogP contribution in [0.3, 0.4) is 0 Å². The minimum atomic E-state index is -4.43. The number of carbonyl (C=O) groups is 2. The topological polar surface area (TPSA) is 100 Å². The van der Waals surface area contributed by atoms with E-state index in [1.54, 1.807) is 6.92 Å². The van der Waals surface area contributed by atoms with Crippen LogP contribution >= 0.6 is 0 Å². The summed E-state index contributed by atoms with van der Waals surface area (Å²) in [5, 5.41) is 10.2. The number of rotatable bonds is 7. The molecule has 0 aliphatic heterocycles. The van der Waals surface area contributed by atoms with Gasteiger partial charge in [0.25, 0.3) is 5.91 Å². The van der Waals surface area contributed by atoms with Crippen LogP contribution in [-0.2, 0) is 23.3 Å². The Morgan fingerprint density at radius 2 is 2.08 bits per heavy atom. The van der Waals surface area contributed by atoms with Gasteiger partial charge in [0.05, 0.1) is 24.7 Å². The predicted octanol–water partition coefficient (Wildman–Crippen LogP) is 1.58. The summed E-state index contributed by atoms with van der Waals surface area (Å²) >= 11 is 0. The van der Waals surface area contributed by atoms with Crippen LogP contribution in [0.4, 0.5) is 18.9 Å². The van der Waals surface area contributed by atoms with Crippen molar-refractivity contribution in [1.82, 2.24) is 19.6 Å². The number of alkyl halides is 3. The smallest absolute Gasteiger partial charge is 0.411 e. The zero-order chi connectivity index (χ0) is 19.3. The van der Waals surface area contributed by atoms with Crippen molar-refractivity contribution in [3.63, 3.8) is 0 Å². The van der Waals surface area contributed by atoms with Gasteiger partial charge in [0.1, 0.15) is 19.0 Å². The monoisotopic (exact) mass is 375 g/mol. The molecule has 2 rings (SSSR count). The maximum Gasteiger partial charge on any atom is 0.411 e. The molecule has 0 fully saturated rings. The second-order valence-corrected chi connectivity index (χ2v) is 5.07. The Morgan fingerprint density at radius 3 is 2.73 bits per heavy atom. The Bertz CT molecular complexity index is 784. The molecule has 0 radical (unpaired) electrons. The summed E-state index contributed by atoms with van der Waals surface area (Å²) in [5.74, 6) is -1.23. The van der Waals surface area contributed by atoms with Gasteiger partial charge in [0, 0.05) is 13.1 Å². The number of ether oxygens (including phenoxy) is 2. The Hall–Kier alpha value is -2.89. The lowest BCUT2D eigenvalue weighted by molar-refractivity contribution is -0.182. The van der Waals surface area contributed by atoms with Gasteiger partial charge >= 0.3 is 12.1 Å². The third-order valence-electron chi connectivity index (χ3n) is 2.98. The van der Waals surface area contributed by atoms with Crippen molar-refractivity contribution in [2.24, 2.45) is 7.05 Å². The third-order valence-corrected chi connectivity index (χ3v) is 2.98. The van der Waals surface area contributed by atoms with E-state index in [1.807, 2.05) is 0 Å². The van der Waals surface area contributed by atoms with E-state index < -0.39 is 31.4 Å². The summed E-state index contributed by atoms with van der Waals surface area (Å²) in [7, 11) is 1.49. The van der Waals surface area contributed by atoms with E-state index in [2.05, 4.69) is 20.3 Å². The van der Waals surface area contributed by atoms with E-state index in [4.69, 9.17) is 4.74 Å². The Kier molecular flexibility index (Phi) is 5.97. The summed E-state index contributed by atoms with van der Waals surface area (Å²) in [6, 6.07) is 1.27. The first-order valence-corrected chi connectivity index (χ1v) is 7.39. The molecule has 0 aliphatic carbocycles. The number of halogens is 3. The molecular formula is C14H16F3N5O4. The zero-order valence-electron chi connectivity index (χ0n) is 13.9. The van der Waals surface area contributed by atoms with Gasteiger partial charge in [-0.25, -0.2) is 9.48 Å². The van der Waals surface area contributed by atoms with Crippen molar-refractivity contribution >= 4 is 17.6 Å². The van der Waals surface area contributed by atoms with Gasteiger partial charge in [0.2, 0.25) is 0 Å². The molecule has 0 atom stereocenters. The number of aryl methyl sites for hydroxylation is 1. The van der Waals surface area contributed by atoms with E-state index >= 15 is 0 Å². The summed E-state index contributed by atoms with van der Waals surface area (Å²) in [6.45, 7) is 0.00417. The first-order valence-electron chi connectivity index (χ1n) is 7.39. The lowest BCUT2D eigenvalue weighted by atomic mass is 10.3. The van der Waals surface area contributed by atoms with Gasteiger partial charge in [-0.05, 0) is 6.92 Å². The van der Waals surface area contributed by atoms with Gasteiger partial charge in [-0.2, -0.15) is 23.4 Å². The van der Waals surface area contributed by atoms with Crippen molar-refractivity contribution in [2.75, 3.05) is 18.5 Å². The molecule has 142 valence electrons. The lowest BCUT2D eigenvalue weighted by Gasteiger charge is -2.07. The van der Waals surface area contributed by atoms with Gasteiger partial charge in [-0.15, -0.1) is 0 Å². The van der Waals surface area contributed by atoms with E-state index in [1.165, 1.54) is 30.2 Å². The van der Waals surface area contributed by atoms with Crippen molar-refractivity contribution in [3.05, 3.63) is 29.8 Å². The van der Waals surface area contributed by atoms with Crippen LogP contribution in [0.1, 0.15) is 27.9 Å². The molecule has 0 bridgehead atoms. The predicted molar refractivity (Wildman–Crippen MR) is 81.4 cm³/mol. The first kappa shape index (κ1) is 19.4. The van der Waals surface area contributed by atoms with Crippen molar-refractivity contribution < 1.29 is 32.2 Å². The summed E-state index contributed by atoms with van der Waals surface area (Å²) in [4.78, 5) is 23.9. The largest absolute Gasteiger partial charge is 0.461 e. The van der Waals surface area contributed by atoms with Gasteiger partial charge in [0.15, 0.2) is 5.69 Å². The average molecular weight is 375 g/mol. The third kappa shape index (κ3) is 5.31. The summed E-state index contributed by atoms with van der Waals surface area (Å²) in [6.07, 6.45) is -1.90. The fraction of sp³-hybridized carbons (Fsp3) is 0.429. The van der Waals surface area contributed by atoms with Crippen LogP contribution in [0.2, 0.25) is 0 Å². The van der Waals surface area contributed by atoms with E-state index in [0.717, 1.165) is 4.68 Å². The molecule has 2 heterocycles. The molecular weight excluding hydrogens is 359 g/mol. The maximum atomic E-state index is 12.2. The number of anilines is 1. The van der Waals surface area contributed by atoms with E-state index in [0.29, 0.717) is 0 Å². The number of aromatic nitrogens is 4. The first-order chi connectivity index (χ1) is 12.2. The van der Waals surface area contributed by atoms with Crippen LogP contribution in [0.15, 0.2) is 18.5 Å². The molecule has 2 aromatic heterocycles. The normalized spacial score (nSPS) is 11.4. The minimum Gasteiger partial charge on any atom is -0.461 e. The molecule has 0 saturated heterocycles. The van der Waals surface area contributed by atoms with E-state index in [9.17, 15) is 22.8 Å². The number of hydrogen-bond acceptors (Lipinski definition) is 6. The van der Waals surface area contributed by atoms with Gasteiger partial charge in [-0.3, -0.25) is 9.48 Å². The standard InChI is InChI=1S/C14H16F3N5O4/c1-3-26-13(24)11-4-10(20-21(11)2)12(23)19-9-5-18-22(6-9)8-25-7-14(15,16)17/h4-6H,3,7-8H2,1-2H3,(H,19,23). The zero-order valence-corrected chi connectivity index (χ0v) is 13.9. The minimum absolute atomic E-state index is 0.0309. The van der Waals surface area contributed by atoms with Crippen molar-refractivity contribution in [3.8, 4) is 0 Å². The highest BCUT2D eigenvalue weighted by Gasteiger charge is 2.27. The number of amides is 1. The number of hydrogen-bond donors (Lipinski definition) is 1. The lowest BCUT2D eigenvalue weighted by Crippen LogP contribution is -2.18. The Balaban J connectivity index is 1.96. The van der Waals surface area contributed by atoms with Gasteiger partial charge < -0.3 is 14.8 Å². The Morgan fingerprint density at radius 1 is 1.35 bits per heavy atom. The van der Waals surface area contributed by atoms with Crippen LogP contribution in [0, 0.1) is 0 Å². The highest BCUT2D eigenvalue weighted by molar-refractivity contribution is 6.04. The molecule has 2 aromatic rings. The number of nitrogens with one attached hydrogen (secondary N) is 1. The Labute approximate surface area is 145 Å². The molecule has 0 aromatic carbocycles. The SMILES string of the molecule is CCOC(=O)c1cc(C(=O)Nc2cnn(COCC(F)(F)F)c2)nn1C. The summed E-state index contributed by atoms with van der Waals surface area (Å²) in [5.41, 5.74) is 0.304. The van der Waals surface area contributed by atoms with Crippen molar-refractivity contribution in [1.29, 1.82) is 0 Å². The maximum absolute atomic E-state index is 12.2. The average Bonchev–Trinajstić information content (AvgIpc) is 3.13. The molecule has 12 heteroatoms.